The number of rotatable bonds is 1. The quantitative estimate of drug-likeness (QED) is 0.524. The van der Waals surface area contributed by atoms with E-state index in [9.17, 15) is 14.7 Å². The summed E-state index contributed by atoms with van der Waals surface area (Å²) < 4.78 is 0. The SMILES string of the molecule is O=C1CC(=Cc2cccc(O)c2)C(=O)N1. The van der Waals surface area contributed by atoms with E-state index in [0.717, 1.165) is 0 Å². The van der Waals surface area contributed by atoms with Gasteiger partial charge in [0.15, 0.2) is 0 Å². The Hall–Kier alpha value is -2.10. The second-order valence-corrected chi connectivity index (χ2v) is 3.32. The Morgan fingerprint density at radius 3 is 2.73 bits per heavy atom. The maximum Gasteiger partial charge on any atom is 0.254 e. The van der Waals surface area contributed by atoms with Gasteiger partial charge in [0, 0.05) is 5.57 Å². The van der Waals surface area contributed by atoms with Crippen molar-refractivity contribution in [3.05, 3.63) is 35.4 Å². The van der Waals surface area contributed by atoms with Crippen molar-refractivity contribution in [1.82, 2.24) is 5.32 Å². The Balaban J connectivity index is 2.31. The first-order chi connectivity index (χ1) is 7.15. The monoisotopic (exact) mass is 203 g/mol. The number of nitrogens with one attached hydrogen (secondary N) is 1. The predicted molar refractivity (Wildman–Crippen MR) is 53.9 cm³/mol. The lowest BCUT2D eigenvalue weighted by Gasteiger charge is -1.96. The molecule has 76 valence electrons. The highest BCUT2D eigenvalue weighted by Crippen LogP contribution is 2.17. The van der Waals surface area contributed by atoms with Gasteiger partial charge in [-0.3, -0.25) is 14.9 Å². The van der Waals surface area contributed by atoms with Crippen LogP contribution in [0.1, 0.15) is 12.0 Å². The van der Waals surface area contributed by atoms with Gasteiger partial charge in [0.25, 0.3) is 5.91 Å². The maximum atomic E-state index is 11.2. The molecule has 1 aliphatic heterocycles. The molecule has 4 heteroatoms. The standard InChI is InChI=1S/C11H9NO3/c13-9-3-1-2-7(5-9)4-8-6-10(14)12-11(8)15/h1-5,13H,6H2,(H,12,14,15). The summed E-state index contributed by atoms with van der Waals surface area (Å²) in [6.45, 7) is 0. The zero-order valence-corrected chi connectivity index (χ0v) is 7.86. The van der Waals surface area contributed by atoms with E-state index >= 15 is 0 Å². The second kappa shape index (κ2) is 3.57. The molecule has 1 aliphatic rings. The number of carbonyl (C=O) groups is 2. The summed E-state index contributed by atoms with van der Waals surface area (Å²) in [5.41, 5.74) is 1.13. The van der Waals surface area contributed by atoms with Crippen LogP contribution in [0.3, 0.4) is 0 Å². The van der Waals surface area contributed by atoms with Gasteiger partial charge in [0.2, 0.25) is 5.91 Å². The molecule has 1 saturated heterocycles. The maximum absolute atomic E-state index is 11.2. The van der Waals surface area contributed by atoms with Crippen LogP contribution in [0.4, 0.5) is 0 Å². The highest BCUT2D eigenvalue weighted by atomic mass is 16.3. The molecule has 0 bridgehead atoms. The molecule has 2 N–H and O–H groups in total. The van der Waals surface area contributed by atoms with Gasteiger partial charge in [-0.25, -0.2) is 0 Å². The third-order valence-corrected chi connectivity index (χ3v) is 2.11. The van der Waals surface area contributed by atoms with Crippen LogP contribution in [0.5, 0.6) is 5.75 Å². The summed E-state index contributed by atoms with van der Waals surface area (Å²) in [7, 11) is 0. The molecule has 2 amide bonds. The molecule has 1 aromatic rings. The van der Waals surface area contributed by atoms with Crippen molar-refractivity contribution in [3.8, 4) is 5.75 Å². The number of aromatic hydroxyl groups is 1. The normalized spacial score (nSPS) is 18.3. The number of phenolic OH excluding ortho intramolecular Hbond substituents is 1. The van der Waals surface area contributed by atoms with E-state index in [-0.39, 0.29) is 24.0 Å². The molecule has 1 fully saturated rings. The van der Waals surface area contributed by atoms with E-state index < -0.39 is 0 Å². The van der Waals surface area contributed by atoms with Crippen molar-refractivity contribution in [2.75, 3.05) is 0 Å². The van der Waals surface area contributed by atoms with E-state index in [4.69, 9.17) is 0 Å². The molecule has 0 saturated carbocycles. The smallest absolute Gasteiger partial charge is 0.254 e. The zero-order chi connectivity index (χ0) is 10.8. The van der Waals surface area contributed by atoms with Crippen LogP contribution in [0, 0.1) is 0 Å². The fourth-order valence-electron chi connectivity index (χ4n) is 1.44. The van der Waals surface area contributed by atoms with E-state index in [1.54, 1.807) is 24.3 Å². The Bertz CT molecular complexity index is 463. The first-order valence-electron chi connectivity index (χ1n) is 4.49. The van der Waals surface area contributed by atoms with E-state index in [1.165, 1.54) is 6.07 Å². The molecule has 4 nitrogen and oxygen atoms in total. The number of amides is 2. The Morgan fingerprint density at radius 2 is 2.13 bits per heavy atom. The van der Waals surface area contributed by atoms with Crippen LogP contribution in [0.25, 0.3) is 6.08 Å². The van der Waals surface area contributed by atoms with Crippen LogP contribution in [0.2, 0.25) is 0 Å². The van der Waals surface area contributed by atoms with Crippen LogP contribution < -0.4 is 5.32 Å². The van der Waals surface area contributed by atoms with Crippen LogP contribution >= 0.6 is 0 Å². The number of benzene rings is 1. The highest BCUT2D eigenvalue weighted by molar-refractivity contribution is 6.15. The number of imide groups is 1. The lowest BCUT2D eigenvalue weighted by Crippen LogP contribution is -2.19. The van der Waals surface area contributed by atoms with Crippen LogP contribution in [-0.2, 0) is 9.59 Å². The molecular formula is C11H9NO3. The Kier molecular flexibility index (Phi) is 2.25. The number of phenols is 1. The third kappa shape index (κ3) is 2.04. The highest BCUT2D eigenvalue weighted by Gasteiger charge is 2.23. The number of hydrogen-bond acceptors (Lipinski definition) is 3. The average molecular weight is 203 g/mol. The number of carbonyl (C=O) groups excluding carboxylic acids is 2. The topological polar surface area (TPSA) is 66.4 Å². The van der Waals surface area contributed by atoms with Gasteiger partial charge in [-0.15, -0.1) is 0 Å². The molecular weight excluding hydrogens is 194 g/mol. The lowest BCUT2D eigenvalue weighted by atomic mass is 10.1. The molecule has 2 rings (SSSR count). The van der Waals surface area contributed by atoms with Crippen LogP contribution in [-0.4, -0.2) is 16.9 Å². The Labute approximate surface area is 86.2 Å². The molecule has 1 heterocycles. The van der Waals surface area contributed by atoms with Crippen molar-refractivity contribution in [2.45, 2.75) is 6.42 Å². The second-order valence-electron chi connectivity index (χ2n) is 3.32. The van der Waals surface area contributed by atoms with Crippen molar-refractivity contribution < 1.29 is 14.7 Å². The first-order valence-corrected chi connectivity index (χ1v) is 4.49. The van der Waals surface area contributed by atoms with E-state index in [2.05, 4.69) is 5.32 Å². The average Bonchev–Trinajstić information content (AvgIpc) is 2.45. The number of hydrogen-bond donors (Lipinski definition) is 2. The summed E-state index contributed by atoms with van der Waals surface area (Å²) in [6, 6.07) is 6.50. The third-order valence-electron chi connectivity index (χ3n) is 2.11. The first kappa shape index (κ1) is 9.45. The van der Waals surface area contributed by atoms with Crippen molar-refractivity contribution in [3.63, 3.8) is 0 Å². The minimum absolute atomic E-state index is 0.106. The summed E-state index contributed by atoms with van der Waals surface area (Å²) >= 11 is 0. The summed E-state index contributed by atoms with van der Waals surface area (Å²) in [5.74, 6) is -0.510. The molecule has 0 radical (unpaired) electrons. The van der Waals surface area contributed by atoms with Gasteiger partial charge >= 0.3 is 0 Å². The van der Waals surface area contributed by atoms with Crippen molar-refractivity contribution in [2.24, 2.45) is 0 Å². The molecule has 15 heavy (non-hydrogen) atoms. The van der Waals surface area contributed by atoms with Gasteiger partial charge in [-0.2, -0.15) is 0 Å². The molecule has 0 aliphatic carbocycles. The van der Waals surface area contributed by atoms with E-state index in [1.807, 2.05) is 0 Å². The molecule has 0 spiro atoms. The molecule has 1 aromatic carbocycles. The molecule has 0 atom stereocenters. The van der Waals surface area contributed by atoms with E-state index in [0.29, 0.717) is 11.1 Å². The van der Waals surface area contributed by atoms with Gasteiger partial charge in [-0.1, -0.05) is 12.1 Å². The fourth-order valence-corrected chi connectivity index (χ4v) is 1.44. The van der Waals surface area contributed by atoms with Gasteiger partial charge in [0.05, 0.1) is 6.42 Å². The Morgan fingerprint density at radius 1 is 1.33 bits per heavy atom. The lowest BCUT2D eigenvalue weighted by molar-refractivity contribution is -0.124. The predicted octanol–water partition coefficient (Wildman–Crippen LogP) is 0.822. The van der Waals surface area contributed by atoms with Crippen LogP contribution in [0.15, 0.2) is 29.8 Å². The summed E-state index contributed by atoms with van der Waals surface area (Å²) in [6.07, 6.45) is 1.70. The zero-order valence-electron chi connectivity index (χ0n) is 7.86. The minimum atomic E-state index is -0.358. The van der Waals surface area contributed by atoms with Crippen molar-refractivity contribution in [1.29, 1.82) is 0 Å². The fraction of sp³-hybridized carbons (Fsp3) is 0.0909. The molecule has 0 aromatic heterocycles. The minimum Gasteiger partial charge on any atom is -0.508 e. The van der Waals surface area contributed by atoms with Crippen molar-refractivity contribution >= 4 is 17.9 Å². The molecule has 0 unspecified atom stereocenters. The van der Waals surface area contributed by atoms with Gasteiger partial charge < -0.3 is 5.11 Å². The summed E-state index contributed by atoms with van der Waals surface area (Å²) in [4.78, 5) is 22.1. The summed E-state index contributed by atoms with van der Waals surface area (Å²) in [5, 5.41) is 11.4. The largest absolute Gasteiger partial charge is 0.508 e. The van der Waals surface area contributed by atoms with Gasteiger partial charge in [0.1, 0.15) is 5.75 Å². The van der Waals surface area contributed by atoms with Gasteiger partial charge in [-0.05, 0) is 23.8 Å².